The Balaban J connectivity index is 2.17. The third-order valence-corrected chi connectivity index (χ3v) is 3.59. The van der Waals surface area contributed by atoms with E-state index < -0.39 is 5.54 Å². The van der Waals surface area contributed by atoms with E-state index in [4.69, 9.17) is 10.5 Å². The fraction of sp³-hybridized carbons (Fsp3) is 0.500. The van der Waals surface area contributed by atoms with Crippen molar-refractivity contribution in [1.29, 1.82) is 0 Å². The lowest BCUT2D eigenvalue weighted by molar-refractivity contribution is -0.126. The molecule has 0 amide bonds. The highest BCUT2D eigenvalue weighted by molar-refractivity contribution is 5.91. The molecule has 0 aromatic heterocycles. The first kappa shape index (κ1) is 12.1. The van der Waals surface area contributed by atoms with E-state index in [0.717, 1.165) is 36.1 Å². The molecule has 1 saturated carbocycles. The molecule has 0 atom stereocenters. The normalized spacial score (nSPS) is 17.4. The quantitative estimate of drug-likeness (QED) is 0.865. The second-order valence-corrected chi connectivity index (χ2v) is 4.92. The molecule has 0 bridgehead atoms. The number of ketones is 1. The van der Waals surface area contributed by atoms with E-state index in [1.165, 1.54) is 0 Å². The minimum atomic E-state index is -0.575. The minimum absolute atomic E-state index is 0.132. The average Bonchev–Trinajstić information content (AvgIpc) is 2.26. The molecule has 3 heteroatoms. The van der Waals surface area contributed by atoms with Gasteiger partial charge in [0.15, 0.2) is 5.78 Å². The number of methoxy groups -OCH3 is 1. The number of aryl methyl sites for hydroxylation is 1. The van der Waals surface area contributed by atoms with E-state index in [-0.39, 0.29) is 5.78 Å². The topological polar surface area (TPSA) is 52.3 Å². The van der Waals surface area contributed by atoms with Crippen molar-refractivity contribution >= 4 is 5.78 Å². The lowest BCUT2D eigenvalue weighted by atomic mass is 9.73. The molecule has 17 heavy (non-hydrogen) atoms. The number of carbonyl (C=O) groups is 1. The summed E-state index contributed by atoms with van der Waals surface area (Å²) in [5, 5.41) is 0. The van der Waals surface area contributed by atoms with Crippen molar-refractivity contribution in [3.63, 3.8) is 0 Å². The molecule has 3 nitrogen and oxygen atoms in total. The van der Waals surface area contributed by atoms with Crippen LogP contribution in [0.5, 0.6) is 5.75 Å². The fourth-order valence-corrected chi connectivity index (χ4v) is 2.23. The van der Waals surface area contributed by atoms with Gasteiger partial charge in [-0.3, -0.25) is 4.79 Å². The van der Waals surface area contributed by atoms with Crippen LogP contribution in [-0.2, 0) is 11.2 Å². The maximum absolute atomic E-state index is 12.1. The van der Waals surface area contributed by atoms with Crippen LogP contribution in [0.3, 0.4) is 0 Å². The van der Waals surface area contributed by atoms with Gasteiger partial charge in [0.1, 0.15) is 5.75 Å². The summed E-state index contributed by atoms with van der Waals surface area (Å²) in [6.45, 7) is 2.01. The summed E-state index contributed by atoms with van der Waals surface area (Å²) in [4.78, 5) is 12.1. The van der Waals surface area contributed by atoms with Gasteiger partial charge in [-0.1, -0.05) is 17.7 Å². The summed E-state index contributed by atoms with van der Waals surface area (Å²) in [5.41, 5.74) is 7.53. The Morgan fingerprint density at radius 1 is 1.47 bits per heavy atom. The molecule has 92 valence electrons. The Labute approximate surface area is 102 Å². The van der Waals surface area contributed by atoms with E-state index in [2.05, 4.69) is 0 Å². The molecule has 0 aliphatic heterocycles. The molecule has 2 N–H and O–H groups in total. The van der Waals surface area contributed by atoms with Gasteiger partial charge in [-0.25, -0.2) is 0 Å². The van der Waals surface area contributed by atoms with Gasteiger partial charge in [0.2, 0.25) is 0 Å². The molecule has 1 aliphatic carbocycles. The number of rotatable bonds is 4. The molecule has 0 saturated heterocycles. The smallest absolute Gasteiger partial charge is 0.157 e. The van der Waals surface area contributed by atoms with E-state index >= 15 is 0 Å². The van der Waals surface area contributed by atoms with Gasteiger partial charge in [0, 0.05) is 12.0 Å². The van der Waals surface area contributed by atoms with Crippen LogP contribution >= 0.6 is 0 Å². The van der Waals surface area contributed by atoms with Crippen molar-refractivity contribution in [3.8, 4) is 5.75 Å². The monoisotopic (exact) mass is 233 g/mol. The van der Waals surface area contributed by atoms with Gasteiger partial charge < -0.3 is 10.5 Å². The number of ether oxygens (including phenoxy) is 1. The Morgan fingerprint density at radius 2 is 2.18 bits per heavy atom. The third kappa shape index (κ3) is 2.34. The summed E-state index contributed by atoms with van der Waals surface area (Å²) in [6.07, 6.45) is 3.08. The first-order valence-electron chi connectivity index (χ1n) is 6.01. The lowest BCUT2D eigenvalue weighted by Gasteiger charge is -2.36. The zero-order valence-corrected chi connectivity index (χ0v) is 10.5. The molecule has 0 spiro atoms. The van der Waals surface area contributed by atoms with Crippen molar-refractivity contribution in [3.05, 3.63) is 29.3 Å². The molecule has 0 radical (unpaired) electrons. The standard InChI is InChI=1S/C14H19NO2/c1-10-4-5-12(17-2)11(8-10)9-13(16)14(15)6-3-7-14/h4-5,8H,3,6-7,9,15H2,1-2H3. The average molecular weight is 233 g/mol. The maximum Gasteiger partial charge on any atom is 0.157 e. The molecule has 1 aromatic carbocycles. The van der Waals surface area contributed by atoms with Crippen LogP contribution in [0.15, 0.2) is 18.2 Å². The van der Waals surface area contributed by atoms with Gasteiger partial charge in [-0.2, -0.15) is 0 Å². The van der Waals surface area contributed by atoms with Crippen LogP contribution in [0.25, 0.3) is 0 Å². The van der Waals surface area contributed by atoms with Crippen LogP contribution < -0.4 is 10.5 Å². The largest absolute Gasteiger partial charge is 0.496 e. The predicted octanol–water partition coefficient (Wildman–Crippen LogP) is 2.00. The first-order chi connectivity index (χ1) is 8.05. The molecule has 1 fully saturated rings. The summed E-state index contributed by atoms with van der Waals surface area (Å²) in [6, 6.07) is 5.88. The summed E-state index contributed by atoms with van der Waals surface area (Å²) in [7, 11) is 1.63. The number of hydrogen-bond donors (Lipinski definition) is 1. The second kappa shape index (κ2) is 4.49. The molecule has 0 unspecified atom stereocenters. The van der Waals surface area contributed by atoms with Gasteiger partial charge in [0.25, 0.3) is 0 Å². The molecule has 1 aliphatic rings. The fourth-order valence-electron chi connectivity index (χ4n) is 2.23. The van der Waals surface area contributed by atoms with E-state index in [0.29, 0.717) is 6.42 Å². The van der Waals surface area contributed by atoms with Crippen LogP contribution in [0.4, 0.5) is 0 Å². The molecular formula is C14H19NO2. The summed E-state index contributed by atoms with van der Waals surface area (Å²) in [5.74, 6) is 0.902. The zero-order chi connectivity index (χ0) is 12.5. The molecular weight excluding hydrogens is 214 g/mol. The van der Waals surface area contributed by atoms with Crippen LogP contribution in [0.1, 0.15) is 30.4 Å². The van der Waals surface area contributed by atoms with Crippen molar-refractivity contribution < 1.29 is 9.53 Å². The number of carbonyl (C=O) groups excluding carboxylic acids is 1. The second-order valence-electron chi connectivity index (χ2n) is 4.92. The number of nitrogens with two attached hydrogens (primary N) is 1. The van der Waals surface area contributed by atoms with Gasteiger partial charge in [-0.15, -0.1) is 0 Å². The highest BCUT2D eigenvalue weighted by Gasteiger charge is 2.39. The Bertz CT molecular complexity index is 436. The number of hydrogen-bond acceptors (Lipinski definition) is 3. The van der Waals surface area contributed by atoms with Crippen LogP contribution in [0, 0.1) is 6.92 Å². The predicted molar refractivity (Wildman–Crippen MR) is 67.2 cm³/mol. The zero-order valence-electron chi connectivity index (χ0n) is 10.5. The Hall–Kier alpha value is -1.35. The maximum atomic E-state index is 12.1. The molecule has 1 aromatic rings. The van der Waals surface area contributed by atoms with Gasteiger partial charge in [-0.05, 0) is 32.3 Å². The Morgan fingerprint density at radius 3 is 2.71 bits per heavy atom. The lowest BCUT2D eigenvalue weighted by Crippen LogP contribution is -2.54. The Kier molecular flexibility index (Phi) is 3.20. The number of Topliss-reactive ketones (excluding diaryl/α,β-unsaturated/α-hetero) is 1. The van der Waals surface area contributed by atoms with Crippen molar-refractivity contribution in [2.24, 2.45) is 5.73 Å². The van der Waals surface area contributed by atoms with E-state index in [1.807, 2.05) is 25.1 Å². The highest BCUT2D eigenvalue weighted by Crippen LogP contribution is 2.32. The van der Waals surface area contributed by atoms with Crippen molar-refractivity contribution in [2.45, 2.75) is 38.1 Å². The third-order valence-electron chi connectivity index (χ3n) is 3.59. The molecule has 0 heterocycles. The van der Waals surface area contributed by atoms with Crippen molar-refractivity contribution in [2.75, 3.05) is 7.11 Å². The van der Waals surface area contributed by atoms with Gasteiger partial charge in [0.05, 0.1) is 12.6 Å². The van der Waals surface area contributed by atoms with Crippen LogP contribution in [0.2, 0.25) is 0 Å². The first-order valence-corrected chi connectivity index (χ1v) is 6.01. The van der Waals surface area contributed by atoms with E-state index in [1.54, 1.807) is 7.11 Å². The number of benzene rings is 1. The highest BCUT2D eigenvalue weighted by atomic mass is 16.5. The molecule has 2 rings (SSSR count). The SMILES string of the molecule is COc1ccc(C)cc1CC(=O)C1(N)CCC1. The van der Waals surface area contributed by atoms with E-state index in [9.17, 15) is 4.79 Å². The van der Waals surface area contributed by atoms with Crippen LogP contribution in [-0.4, -0.2) is 18.4 Å². The summed E-state index contributed by atoms with van der Waals surface area (Å²) >= 11 is 0. The summed E-state index contributed by atoms with van der Waals surface area (Å²) < 4.78 is 5.27. The minimum Gasteiger partial charge on any atom is -0.496 e. The van der Waals surface area contributed by atoms with Gasteiger partial charge >= 0.3 is 0 Å². The van der Waals surface area contributed by atoms with Crippen molar-refractivity contribution in [1.82, 2.24) is 0 Å².